The summed E-state index contributed by atoms with van der Waals surface area (Å²) in [5.41, 5.74) is 1.54. The minimum Gasteiger partial charge on any atom is -0.493 e. The van der Waals surface area contributed by atoms with E-state index >= 15 is 0 Å². The highest BCUT2D eigenvalue weighted by Crippen LogP contribution is 2.39. The first kappa shape index (κ1) is 20.7. The summed E-state index contributed by atoms with van der Waals surface area (Å²) < 4.78 is 17.0. The van der Waals surface area contributed by atoms with Crippen LogP contribution in [-0.4, -0.2) is 31.6 Å². The van der Waals surface area contributed by atoms with Crippen LogP contribution in [0, 0.1) is 0 Å². The Morgan fingerprint density at radius 3 is 2.24 bits per heavy atom. The second-order valence-electron chi connectivity index (χ2n) is 6.38. The van der Waals surface area contributed by atoms with E-state index in [4.69, 9.17) is 14.2 Å². The van der Waals surface area contributed by atoms with E-state index in [9.17, 15) is 4.79 Å². The minimum absolute atomic E-state index is 0.0768. The van der Waals surface area contributed by atoms with Crippen LogP contribution < -0.4 is 14.2 Å². The van der Waals surface area contributed by atoms with Gasteiger partial charge >= 0.3 is 0 Å². The van der Waals surface area contributed by atoms with E-state index in [-0.39, 0.29) is 5.91 Å². The molecule has 0 bridgehead atoms. The van der Waals surface area contributed by atoms with Crippen LogP contribution in [0.5, 0.6) is 17.2 Å². The van der Waals surface area contributed by atoms with Crippen LogP contribution in [0.15, 0.2) is 60.0 Å². The maximum atomic E-state index is 13.1. The van der Waals surface area contributed by atoms with Gasteiger partial charge < -0.3 is 19.1 Å². The molecule has 0 atom stereocenters. The molecular weight excluding hydrogens is 386 g/mol. The number of ether oxygens (including phenoxy) is 3. The lowest BCUT2D eigenvalue weighted by Crippen LogP contribution is -2.30. The average molecular weight is 412 g/mol. The van der Waals surface area contributed by atoms with Gasteiger partial charge in [0.05, 0.1) is 20.8 Å². The zero-order valence-electron chi connectivity index (χ0n) is 16.9. The molecule has 152 valence electrons. The Bertz CT molecular complexity index is 900. The van der Waals surface area contributed by atoms with Gasteiger partial charge in [-0.2, -0.15) is 0 Å². The SMILES string of the molecule is CCN(Cc1cccs1)C(=O)c1cc(OC)c(OCc2ccccc2)c(OC)c1. The van der Waals surface area contributed by atoms with Crippen LogP contribution >= 0.6 is 11.3 Å². The third-order valence-electron chi connectivity index (χ3n) is 4.53. The van der Waals surface area contributed by atoms with E-state index in [1.54, 1.807) is 42.6 Å². The van der Waals surface area contributed by atoms with E-state index in [2.05, 4.69) is 0 Å². The van der Waals surface area contributed by atoms with Gasteiger partial charge in [-0.25, -0.2) is 0 Å². The number of hydrogen-bond acceptors (Lipinski definition) is 5. The summed E-state index contributed by atoms with van der Waals surface area (Å²) in [4.78, 5) is 16.0. The number of hydrogen-bond donors (Lipinski definition) is 0. The van der Waals surface area contributed by atoms with E-state index in [1.165, 1.54) is 0 Å². The normalized spacial score (nSPS) is 10.4. The van der Waals surface area contributed by atoms with Crippen molar-refractivity contribution in [3.8, 4) is 17.2 Å². The van der Waals surface area contributed by atoms with Crippen molar-refractivity contribution in [2.75, 3.05) is 20.8 Å². The Labute approximate surface area is 175 Å². The largest absolute Gasteiger partial charge is 0.493 e. The quantitative estimate of drug-likeness (QED) is 0.497. The molecular formula is C23H25NO4S. The summed E-state index contributed by atoms with van der Waals surface area (Å²) in [5, 5.41) is 2.01. The topological polar surface area (TPSA) is 48.0 Å². The number of methoxy groups -OCH3 is 2. The molecule has 0 radical (unpaired) electrons. The number of nitrogens with zero attached hydrogens (tertiary/aromatic N) is 1. The molecule has 3 rings (SSSR count). The molecule has 0 fully saturated rings. The molecule has 0 aliphatic rings. The fourth-order valence-electron chi connectivity index (χ4n) is 2.98. The molecule has 0 aliphatic heterocycles. The van der Waals surface area contributed by atoms with Crippen LogP contribution in [0.25, 0.3) is 0 Å². The molecule has 1 heterocycles. The minimum atomic E-state index is -0.0768. The van der Waals surface area contributed by atoms with Crippen LogP contribution in [-0.2, 0) is 13.2 Å². The zero-order valence-corrected chi connectivity index (χ0v) is 17.7. The predicted octanol–water partition coefficient (Wildman–Crippen LogP) is 5.01. The first-order chi connectivity index (χ1) is 14.2. The third-order valence-corrected chi connectivity index (χ3v) is 5.39. The third kappa shape index (κ3) is 5.09. The molecule has 0 spiro atoms. The Kier molecular flexibility index (Phi) is 7.14. The van der Waals surface area contributed by atoms with Crippen LogP contribution in [0.4, 0.5) is 0 Å². The van der Waals surface area contributed by atoms with Crippen molar-refractivity contribution in [2.45, 2.75) is 20.1 Å². The number of benzene rings is 2. The summed E-state index contributed by atoms with van der Waals surface area (Å²) in [7, 11) is 3.11. The smallest absolute Gasteiger partial charge is 0.254 e. The van der Waals surface area contributed by atoms with E-state index < -0.39 is 0 Å². The van der Waals surface area contributed by atoms with Crippen LogP contribution in [0.2, 0.25) is 0 Å². The van der Waals surface area contributed by atoms with E-state index in [1.807, 2.05) is 54.8 Å². The van der Waals surface area contributed by atoms with Crippen molar-refractivity contribution in [2.24, 2.45) is 0 Å². The first-order valence-corrected chi connectivity index (χ1v) is 10.3. The lowest BCUT2D eigenvalue weighted by atomic mass is 10.1. The Balaban J connectivity index is 1.85. The highest BCUT2D eigenvalue weighted by atomic mass is 32.1. The van der Waals surface area contributed by atoms with Gasteiger partial charge in [0.2, 0.25) is 5.75 Å². The van der Waals surface area contributed by atoms with Crippen molar-refractivity contribution in [3.63, 3.8) is 0 Å². The Hall–Kier alpha value is -2.99. The van der Waals surface area contributed by atoms with Crippen molar-refractivity contribution in [1.29, 1.82) is 0 Å². The lowest BCUT2D eigenvalue weighted by molar-refractivity contribution is 0.0753. The lowest BCUT2D eigenvalue weighted by Gasteiger charge is -2.22. The van der Waals surface area contributed by atoms with Gasteiger partial charge in [0.1, 0.15) is 6.61 Å². The second-order valence-corrected chi connectivity index (χ2v) is 7.42. The highest BCUT2D eigenvalue weighted by Gasteiger charge is 2.21. The van der Waals surface area contributed by atoms with Gasteiger partial charge in [-0.3, -0.25) is 4.79 Å². The number of carbonyl (C=O) groups excluding carboxylic acids is 1. The highest BCUT2D eigenvalue weighted by molar-refractivity contribution is 7.09. The van der Waals surface area contributed by atoms with Crippen molar-refractivity contribution < 1.29 is 19.0 Å². The van der Waals surface area contributed by atoms with Gasteiger partial charge in [0, 0.05) is 17.0 Å². The zero-order chi connectivity index (χ0) is 20.6. The summed E-state index contributed by atoms with van der Waals surface area (Å²) in [6.45, 7) is 3.52. The van der Waals surface area contributed by atoms with Crippen molar-refractivity contribution >= 4 is 17.2 Å². The fraction of sp³-hybridized carbons (Fsp3) is 0.261. The Morgan fingerprint density at radius 2 is 1.69 bits per heavy atom. The summed E-state index contributed by atoms with van der Waals surface area (Å²) in [5.74, 6) is 1.34. The van der Waals surface area contributed by atoms with Crippen LogP contribution in [0.1, 0.15) is 27.7 Å². The summed E-state index contributed by atoms with van der Waals surface area (Å²) in [6, 6.07) is 17.3. The fourth-order valence-corrected chi connectivity index (χ4v) is 3.70. The first-order valence-electron chi connectivity index (χ1n) is 9.40. The maximum absolute atomic E-state index is 13.1. The van der Waals surface area contributed by atoms with Crippen molar-refractivity contribution in [3.05, 3.63) is 76.0 Å². The molecule has 2 aromatic carbocycles. The molecule has 0 saturated carbocycles. The number of carbonyl (C=O) groups is 1. The molecule has 29 heavy (non-hydrogen) atoms. The molecule has 5 nitrogen and oxygen atoms in total. The summed E-state index contributed by atoms with van der Waals surface area (Å²) in [6.07, 6.45) is 0. The van der Waals surface area contributed by atoms with Gasteiger partial charge in [-0.15, -0.1) is 11.3 Å². The number of rotatable bonds is 9. The Morgan fingerprint density at radius 1 is 1.00 bits per heavy atom. The van der Waals surface area contributed by atoms with E-state index in [0.29, 0.717) is 42.5 Å². The van der Waals surface area contributed by atoms with Crippen LogP contribution in [0.3, 0.4) is 0 Å². The average Bonchev–Trinajstić information content (AvgIpc) is 3.28. The second kappa shape index (κ2) is 9.98. The maximum Gasteiger partial charge on any atom is 0.254 e. The molecule has 6 heteroatoms. The van der Waals surface area contributed by atoms with Gasteiger partial charge in [0.25, 0.3) is 5.91 Å². The summed E-state index contributed by atoms with van der Waals surface area (Å²) >= 11 is 1.64. The molecule has 0 aliphatic carbocycles. The molecule has 1 amide bonds. The van der Waals surface area contributed by atoms with Gasteiger partial charge in [0.15, 0.2) is 11.5 Å². The molecule has 3 aromatic rings. The van der Waals surface area contributed by atoms with Gasteiger partial charge in [-0.05, 0) is 36.1 Å². The van der Waals surface area contributed by atoms with Gasteiger partial charge in [-0.1, -0.05) is 36.4 Å². The van der Waals surface area contributed by atoms with Crippen molar-refractivity contribution in [1.82, 2.24) is 4.90 Å². The molecule has 0 N–H and O–H groups in total. The predicted molar refractivity (Wildman–Crippen MR) is 115 cm³/mol. The molecule has 0 unspecified atom stereocenters. The molecule has 0 saturated heterocycles. The number of thiophene rings is 1. The molecule has 1 aromatic heterocycles. The standard InChI is InChI=1S/C23H25NO4S/c1-4-24(15-19-11-8-12-29-19)23(25)18-13-20(26-2)22(21(14-18)27-3)28-16-17-9-6-5-7-10-17/h5-14H,4,15-16H2,1-3H3. The monoisotopic (exact) mass is 411 g/mol. The van der Waals surface area contributed by atoms with E-state index in [0.717, 1.165) is 10.4 Å². The number of amides is 1.